The third-order valence-electron chi connectivity index (χ3n) is 6.54. The molecule has 174 valence electrons. The van der Waals surface area contributed by atoms with E-state index < -0.39 is 5.79 Å². The van der Waals surface area contributed by atoms with Crippen molar-refractivity contribution in [1.29, 1.82) is 0 Å². The average molecular weight is 427 g/mol. The Balaban J connectivity index is 2.91. The molecule has 2 unspecified atom stereocenters. The van der Waals surface area contributed by atoms with Crippen LogP contribution in [0, 0.1) is 16.7 Å². The molecule has 0 spiro atoms. The van der Waals surface area contributed by atoms with E-state index in [1.807, 2.05) is 0 Å². The Labute approximate surface area is 191 Å². The van der Waals surface area contributed by atoms with Gasteiger partial charge in [0.1, 0.15) is 0 Å². The summed E-state index contributed by atoms with van der Waals surface area (Å²) in [5.41, 5.74) is 5.49. The maximum Gasteiger partial charge on any atom is 0.199 e. The second-order valence-electron chi connectivity index (χ2n) is 13.5. The molecule has 0 saturated heterocycles. The maximum absolute atomic E-state index is 12.0. The lowest BCUT2D eigenvalue weighted by atomic mass is 9.65. The number of hydrogen-bond acceptors (Lipinski definition) is 2. The number of ether oxygens (including phenoxy) is 1. The first-order valence-corrected chi connectivity index (χ1v) is 11.6. The highest BCUT2D eigenvalue weighted by molar-refractivity contribution is 5.77. The van der Waals surface area contributed by atoms with Crippen LogP contribution in [0.25, 0.3) is 5.57 Å². The highest BCUT2D eigenvalue weighted by Crippen LogP contribution is 2.50. The van der Waals surface area contributed by atoms with E-state index in [1.54, 1.807) is 7.11 Å². The van der Waals surface area contributed by atoms with Gasteiger partial charge in [-0.3, -0.25) is 0 Å². The summed E-state index contributed by atoms with van der Waals surface area (Å²) in [5, 5.41) is 12.0. The Morgan fingerprint density at radius 3 is 1.52 bits per heavy atom. The molecule has 1 N–H and O–H groups in total. The van der Waals surface area contributed by atoms with E-state index in [1.165, 1.54) is 16.7 Å². The van der Waals surface area contributed by atoms with Crippen molar-refractivity contribution in [2.75, 3.05) is 7.11 Å². The van der Waals surface area contributed by atoms with Crippen molar-refractivity contribution in [2.45, 2.75) is 99.7 Å². The van der Waals surface area contributed by atoms with Gasteiger partial charge in [0.05, 0.1) is 0 Å². The van der Waals surface area contributed by atoms with Crippen LogP contribution in [0.1, 0.15) is 99.8 Å². The van der Waals surface area contributed by atoms with E-state index in [2.05, 4.69) is 113 Å². The molecule has 0 aliphatic heterocycles. The van der Waals surface area contributed by atoms with Crippen molar-refractivity contribution in [3.63, 3.8) is 0 Å². The lowest BCUT2D eigenvalue weighted by Crippen LogP contribution is -2.48. The Kier molecular flexibility index (Phi) is 6.58. The van der Waals surface area contributed by atoms with Crippen molar-refractivity contribution in [3.05, 3.63) is 52.6 Å². The zero-order valence-electron chi connectivity index (χ0n) is 22.3. The van der Waals surface area contributed by atoms with Crippen LogP contribution < -0.4 is 0 Å². The molecule has 0 amide bonds. The Morgan fingerprint density at radius 2 is 1.19 bits per heavy atom. The average Bonchev–Trinajstić information content (AvgIpc) is 2.57. The number of rotatable bonds is 2. The van der Waals surface area contributed by atoms with E-state index >= 15 is 0 Å². The summed E-state index contributed by atoms with van der Waals surface area (Å²) in [6.45, 7) is 26.7. The zero-order chi connectivity index (χ0) is 24.2. The van der Waals surface area contributed by atoms with Crippen molar-refractivity contribution in [1.82, 2.24) is 0 Å². The fourth-order valence-electron chi connectivity index (χ4n) is 4.25. The maximum atomic E-state index is 12.0. The number of hydrogen-bond donors (Lipinski definition) is 1. The monoisotopic (exact) mass is 426 g/mol. The summed E-state index contributed by atoms with van der Waals surface area (Å²) >= 11 is 0. The molecular formula is C29H46O2. The second kappa shape index (κ2) is 7.89. The Bertz CT molecular complexity index is 841. The normalized spacial score (nSPS) is 23.5. The molecule has 0 radical (unpaired) electrons. The molecule has 2 atom stereocenters. The van der Waals surface area contributed by atoms with Gasteiger partial charge in [0.25, 0.3) is 0 Å². The number of benzene rings is 1. The fraction of sp³-hybridized carbons (Fsp3) is 0.655. The molecule has 0 aromatic heterocycles. The van der Waals surface area contributed by atoms with Gasteiger partial charge in [-0.1, -0.05) is 107 Å². The van der Waals surface area contributed by atoms with Gasteiger partial charge in [-0.05, 0) is 50.0 Å². The van der Waals surface area contributed by atoms with Gasteiger partial charge in [0, 0.05) is 18.6 Å². The molecular weight excluding hydrogens is 380 g/mol. The third-order valence-corrected chi connectivity index (χ3v) is 6.54. The van der Waals surface area contributed by atoms with E-state index in [0.717, 1.165) is 11.1 Å². The summed E-state index contributed by atoms with van der Waals surface area (Å²) < 4.78 is 5.94. The quantitative estimate of drug-likeness (QED) is 0.492. The lowest BCUT2D eigenvalue weighted by Gasteiger charge is -2.46. The zero-order valence-corrected chi connectivity index (χ0v) is 22.3. The summed E-state index contributed by atoms with van der Waals surface area (Å²) in [4.78, 5) is 0. The molecule has 1 aromatic rings. The molecule has 1 aliphatic carbocycles. The van der Waals surface area contributed by atoms with Gasteiger partial charge < -0.3 is 9.84 Å². The third kappa shape index (κ3) is 5.34. The molecule has 2 nitrogen and oxygen atoms in total. The van der Waals surface area contributed by atoms with Crippen molar-refractivity contribution in [2.24, 2.45) is 16.7 Å². The van der Waals surface area contributed by atoms with Crippen molar-refractivity contribution >= 4 is 5.57 Å². The summed E-state index contributed by atoms with van der Waals surface area (Å²) in [6.07, 6.45) is 4.39. The lowest BCUT2D eigenvalue weighted by molar-refractivity contribution is -0.184. The number of methoxy groups -OCH3 is 1. The predicted molar refractivity (Wildman–Crippen MR) is 134 cm³/mol. The van der Waals surface area contributed by atoms with Crippen LogP contribution in [0.3, 0.4) is 0 Å². The first-order valence-electron chi connectivity index (χ1n) is 11.6. The summed E-state index contributed by atoms with van der Waals surface area (Å²) in [5.74, 6) is -1.56. The Hall–Kier alpha value is -1.38. The highest BCUT2D eigenvalue weighted by Gasteiger charge is 2.49. The van der Waals surface area contributed by atoms with Crippen LogP contribution in [0.2, 0.25) is 0 Å². The van der Waals surface area contributed by atoms with Crippen LogP contribution in [0.15, 0.2) is 35.9 Å². The van der Waals surface area contributed by atoms with Gasteiger partial charge >= 0.3 is 0 Å². The van der Waals surface area contributed by atoms with Gasteiger partial charge in [0.15, 0.2) is 5.79 Å². The largest absolute Gasteiger partial charge is 0.361 e. The highest BCUT2D eigenvalue weighted by atomic mass is 16.6. The molecule has 0 fully saturated rings. The van der Waals surface area contributed by atoms with Gasteiger partial charge in [-0.15, -0.1) is 0 Å². The van der Waals surface area contributed by atoms with E-state index in [4.69, 9.17) is 4.74 Å². The number of allylic oxidation sites excluding steroid dienone is 2. The topological polar surface area (TPSA) is 29.5 Å². The predicted octanol–water partition coefficient (Wildman–Crippen LogP) is 7.65. The molecule has 2 heteroatoms. The molecule has 31 heavy (non-hydrogen) atoms. The van der Waals surface area contributed by atoms with Crippen LogP contribution in [0.4, 0.5) is 0 Å². The summed E-state index contributed by atoms with van der Waals surface area (Å²) in [6, 6.07) is 6.81. The SMILES string of the molecule is COC1(O)C(c2cc(C(C)(C)C)cc(C(C)(C)C)c2)=CC(C(C)(C)C)=CC1C(C)(C)C. The van der Waals surface area contributed by atoms with Gasteiger partial charge in [-0.25, -0.2) is 0 Å². The molecule has 1 aromatic carbocycles. The van der Waals surface area contributed by atoms with Crippen LogP contribution in [-0.4, -0.2) is 18.0 Å². The van der Waals surface area contributed by atoms with Crippen molar-refractivity contribution < 1.29 is 9.84 Å². The van der Waals surface area contributed by atoms with E-state index in [9.17, 15) is 5.11 Å². The first kappa shape index (κ1) is 25.9. The van der Waals surface area contributed by atoms with Crippen molar-refractivity contribution in [3.8, 4) is 0 Å². The second-order valence-corrected chi connectivity index (χ2v) is 13.5. The molecule has 0 bridgehead atoms. The molecule has 0 heterocycles. The Morgan fingerprint density at radius 1 is 0.742 bits per heavy atom. The minimum Gasteiger partial charge on any atom is -0.361 e. The van der Waals surface area contributed by atoms with Gasteiger partial charge in [-0.2, -0.15) is 0 Å². The van der Waals surface area contributed by atoms with Gasteiger partial charge in [0.2, 0.25) is 0 Å². The summed E-state index contributed by atoms with van der Waals surface area (Å²) in [7, 11) is 1.63. The minimum absolute atomic E-state index is 0.00253. The van der Waals surface area contributed by atoms with E-state index in [-0.39, 0.29) is 27.6 Å². The van der Waals surface area contributed by atoms with Crippen LogP contribution in [0.5, 0.6) is 0 Å². The minimum atomic E-state index is -1.39. The molecule has 2 rings (SSSR count). The molecule has 0 saturated carbocycles. The van der Waals surface area contributed by atoms with E-state index in [0.29, 0.717) is 0 Å². The van der Waals surface area contributed by atoms with Crippen LogP contribution in [-0.2, 0) is 15.6 Å². The smallest absolute Gasteiger partial charge is 0.199 e. The fourth-order valence-corrected chi connectivity index (χ4v) is 4.25. The number of aliphatic hydroxyl groups is 1. The molecule has 1 aliphatic rings. The standard InChI is InChI=1S/C29H46O2/c1-25(2,3)20-14-19(15-21(16-20)26(4,5)6)23-17-22(27(7,8)9)18-24(28(10,11)12)29(23,30)31-13/h14-18,24,30H,1-13H3. The first-order chi connectivity index (χ1) is 13.7. The van der Waals surface area contributed by atoms with Crippen LogP contribution >= 0.6 is 0 Å².